The highest BCUT2D eigenvalue weighted by Crippen LogP contribution is 2.07. The molecule has 4 heteroatoms. The van der Waals surface area contributed by atoms with Gasteiger partial charge in [-0.25, -0.2) is 0 Å². The van der Waals surface area contributed by atoms with Crippen molar-refractivity contribution in [3.63, 3.8) is 0 Å². The highest BCUT2D eigenvalue weighted by atomic mass is 32.2. The molecule has 0 radical (unpaired) electrons. The van der Waals surface area contributed by atoms with Crippen LogP contribution in [0.2, 0.25) is 0 Å². The van der Waals surface area contributed by atoms with E-state index in [9.17, 15) is 4.79 Å². The van der Waals surface area contributed by atoms with Crippen LogP contribution in [0.25, 0.3) is 0 Å². The Morgan fingerprint density at radius 2 is 2.07 bits per heavy atom. The summed E-state index contributed by atoms with van der Waals surface area (Å²) in [5.41, 5.74) is 6.65. The molecule has 3 nitrogen and oxygen atoms in total. The molecule has 0 aliphatic carbocycles. The highest BCUT2D eigenvalue weighted by molar-refractivity contribution is 7.99. The van der Waals surface area contributed by atoms with Gasteiger partial charge in [0.15, 0.2) is 0 Å². The molecule has 0 fully saturated rings. The molecule has 3 N–H and O–H groups in total. The zero-order chi connectivity index (χ0) is 11.1. The molecular weight excluding hydrogens is 210 g/mol. The predicted molar refractivity (Wildman–Crippen MR) is 63.1 cm³/mol. The summed E-state index contributed by atoms with van der Waals surface area (Å²) in [6, 6.07) is 9.38. The van der Waals surface area contributed by atoms with Crippen LogP contribution in [0.4, 0.5) is 0 Å². The van der Waals surface area contributed by atoms with Crippen LogP contribution < -0.4 is 5.73 Å². The van der Waals surface area contributed by atoms with Gasteiger partial charge in [-0.05, 0) is 17.7 Å². The molecule has 0 bridgehead atoms. The number of rotatable bonds is 6. The van der Waals surface area contributed by atoms with Crippen molar-refractivity contribution in [1.82, 2.24) is 0 Å². The van der Waals surface area contributed by atoms with Crippen LogP contribution in [0.3, 0.4) is 0 Å². The normalized spacial score (nSPS) is 12.3. The van der Waals surface area contributed by atoms with Gasteiger partial charge in [0.2, 0.25) is 0 Å². The number of thioether (sulfide) groups is 1. The fourth-order valence-electron chi connectivity index (χ4n) is 1.12. The summed E-state index contributed by atoms with van der Waals surface area (Å²) in [7, 11) is 0. The number of carboxylic acid groups (broad SMARTS) is 1. The minimum Gasteiger partial charge on any atom is -0.480 e. The van der Waals surface area contributed by atoms with Crippen LogP contribution in [-0.4, -0.2) is 28.6 Å². The Kier molecular flexibility index (Phi) is 5.21. The van der Waals surface area contributed by atoms with Crippen molar-refractivity contribution in [2.24, 2.45) is 5.73 Å². The van der Waals surface area contributed by atoms with Crippen molar-refractivity contribution in [2.45, 2.75) is 12.5 Å². The summed E-state index contributed by atoms with van der Waals surface area (Å²) >= 11 is 1.58. The molecule has 1 atom stereocenters. The fourth-order valence-corrected chi connectivity index (χ4v) is 2.06. The number of hydrogen-bond acceptors (Lipinski definition) is 3. The second-order valence-corrected chi connectivity index (χ2v) is 4.41. The first-order valence-corrected chi connectivity index (χ1v) is 5.95. The molecule has 1 rings (SSSR count). The summed E-state index contributed by atoms with van der Waals surface area (Å²) in [6.45, 7) is 0. The van der Waals surface area contributed by atoms with Gasteiger partial charge in [0, 0.05) is 5.75 Å². The third-order valence-electron chi connectivity index (χ3n) is 1.99. The van der Waals surface area contributed by atoms with Gasteiger partial charge in [0.05, 0.1) is 0 Å². The average molecular weight is 225 g/mol. The van der Waals surface area contributed by atoms with Crippen molar-refractivity contribution in [3.05, 3.63) is 35.9 Å². The van der Waals surface area contributed by atoms with E-state index in [0.29, 0.717) is 5.75 Å². The van der Waals surface area contributed by atoms with Gasteiger partial charge in [-0.3, -0.25) is 4.79 Å². The first-order valence-electron chi connectivity index (χ1n) is 4.80. The average Bonchev–Trinajstić information content (AvgIpc) is 2.25. The Balaban J connectivity index is 2.15. The monoisotopic (exact) mass is 225 g/mol. The van der Waals surface area contributed by atoms with E-state index >= 15 is 0 Å². The molecule has 0 aliphatic rings. The Hall–Kier alpha value is -1.00. The van der Waals surface area contributed by atoms with Gasteiger partial charge in [-0.1, -0.05) is 30.3 Å². The largest absolute Gasteiger partial charge is 0.480 e. The minimum absolute atomic E-state index is 0.474. The third kappa shape index (κ3) is 4.85. The maximum Gasteiger partial charge on any atom is 0.321 e. The van der Waals surface area contributed by atoms with E-state index in [4.69, 9.17) is 10.8 Å². The Morgan fingerprint density at radius 1 is 1.40 bits per heavy atom. The van der Waals surface area contributed by atoms with Crippen molar-refractivity contribution < 1.29 is 9.90 Å². The SMILES string of the molecule is NC(CSCCc1ccccc1)C(=O)O. The number of benzene rings is 1. The summed E-state index contributed by atoms with van der Waals surface area (Å²) in [4.78, 5) is 10.4. The number of hydrogen-bond donors (Lipinski definition) is 2. The molecule has 0 heterocycles. The van der Waals surface area contributed by atoms with E-state index < -0.39 is 12.0 Å². The van der Waals surface area contributed by atoms with E-state index in [-0.39, 0.29) is 0 Å². The third-order valence-corrected chi connectivity index (χ3v) is 3.08. The van der Waals surface area contributed by atoms with Crippen LogP contribution in [-0.2, 0) is 11.2 Å². The maximum atomic E-state index is 10.4. The molecule has 82 valence electrons. The van der Waals surface area contributed by atoms with Crippen molar-refractivity contribution in [3.8, 4) is 0 Å². The van der Waals surface area contributed by atoms with Crippen LogP contribution in [0.5, 0.6) is 0 Å². The summed E-state index contributed by atoms with van der Waals surface area (Å²) in [5, 5.41) is 8.56. The zero-order valence-electron chi connectivity index (χ0n) is 8.43. The number of aryl methyl sites for hydroxylation is 1. The van der Waals surface area contributed by atoms with Crippen LogP contribution >= 0.6 is 11.8 Å². The molecule has 0 spiro atoms. The fraction of sp³-hybridized carbons (Fsp3) is 0.364. The number of carbonyl (C=O) groups is 1. The minimum atomic E-state index is -0.929. The lowest BCUT2D eigenvalue weighted by Gasteiger charge is -2.05. The van der Waals surface area contributed by atoms with Crippen molar-refractivity contribution >= 4 is 17.7 Å². The molecule has 0 aliphatic heterocycles. The van der Waals surface area contributed by atoms with Gasteiger partial charge < -0.3 is 10.8 Å². The molecule has 0 aromatic heterocycles. The van der Waals surface area contributed by atoms with E-state index in [1.54, 1.807) is 11.8 Å². The summed E-state index contributed by atoms with van der Waals surface area (Å²) in [5.74, 6) is 0.454. The number of carboxylic acids is 1. The van der Waals surface area contributed by atoms with Crippen LogP contribution in [0, 0.1) is 0 Å². The predicted octanol–water partition coefficient (Wildman–Crippen LogP) is 1.37. The Morgan fingerprint density at radius 3 is 2.67 bits per heavy atom. The molecule has 0 amide bonds. The van der Waals surface area contributed by atoms with Gasteiger partial charge in [0.25, 0.3) is 0 Å². The van der Waals surface area contributed by atoms with Gasteiger partial charge in [-0.2, -0.15) is 11.8 Å². The molecule has 0 saturated carbocycles. The second-order valence-electron chi connectivity index (χ2n) is 3.26. The van der Waals surface area contributed by atoms with E-state index in [1.807, 2.05) is 18.2 Å². The van der Waals surface area contributed by atoms with Gasteiger partial charge in [0.1, 0.15) is 6.04 Å². The number of aliphatic carboxylic acids is 1. The molecule has 1 aromatic rings. The lowest BCUT2D eigenvalue weighted by atomic mass is 10.2. The van der Waals surface area contributed by atoms with Crippen molar-refractivity contribution in [1.29, 1.82) is 0 Å². The van der Waals surface area contributed by atoms with E-state index in [1.165, 1.54) is 5.56 Å². The van der Waals surface area contributed by atoms with Gasteiger partial charge >= 0.3 is 5.97 Å². The Labute approximate surface area is 93.7 Å². The molecule has 1 unspecified atom stereocenters. The van der Waals surface area contributed by atoms with Gasteiger partial charge in [-0.15, -0.1) is 0 Å². The first kappa shape index (κ1) is 12.1. The molecule has 0 saturated heterocycles. The summed E-state index contributed by atoms with van der Waals surface area (Å²) in [6.07, 6.45) is 0.956. The Bertz CT molecular complexity index is 303. The van der Waals surface area contributed by atoms with Crippen LogP contribution in [0.15, 0.2) is 30.3 Å². The smallest absolute Gasteiger partial charge is 0.321 e. The van der Waals surface area contributed by atoms with E-state index in [0.717, 1.165) is 12.2 Å². The standard InChI is InChI=1S/C11H15NO2S/c12-10(11(13)14)8-15-7-6-9-4-2-1-3-5-9/h1-5,10H,6-8,12H2,(H,13,14). The highest BCUT2D eigenvalue weighted by Gasteiger charge is 2.10. The first-order chi connectivity index (χ1) is 7.20. The second kappa shape index (κ2) is 6.48. The van der Waals surface area contributed by atoms with Crippen molar-refractivity contribution in [2.75, 3.05) is 11.5 Å². The lowest BCUT2D eigenvalue weighted by Crippen LogP contribution is -2.32. The molecule has 15 heavy (non-hydrogen) atoms. The topological polar surface area (TPSA) is 63.3 Å². The maximum absolute atomic E-state index is 10.4. The molecule has 1 aromatic carbocycles. The summed E-state index contributed by atoms with van der Waals surface area (Å²) < 4.78 is 0. The van der Waals surface area contributed by atoms with E-state index in [2.05, 4.69) is 12.1 Å². The van der Waals surface area contributed by atoms with Crippen LogP contribution in [0.1, 0.15) is 5.56 Å². The molecular formula is C11H15NO2S. The number of nitrogens with two attached hydrogens (primary N) is 1. The zero-order valence-corrected chi connectivity index (χ0v) is 9.24. The lowest BCUT2D eigenvalue weighted by molar-refractivity contribution is -0.137. The quantitative estimate of drug-likeness (QED) is 0.718.